The SMILES string of the molecule is Nc1ccc(OCc2cc(F)ccc2F)cc1C(=O)O. The Balaban J connectivity index is 2.17. The van der Waals surface area contributed by atoms with Gasteiger partial charge in [0.15, 0.2) is 0 Å². The minimum absolute atomic E-state index is 0.0405. The lowest BCUT2D eigenvalue weighted by atomic mass is 10.1. The lowest BCUT2D eigenvalue weighted by Gasteiger charge is -2.09. The van der Waals surface area contributed by atoms with Crippen molar-refractivity contribution in [2.75, 3.05) is 5.73 Å². The van der Waals surface area contributed by atoms with Crippen molar-refractivity contribution >= 4 is 11.7 Å². The summed E-state index contributed by atoms with van der Waals surface area (Å²) in [4.78, 5) is 10.9. The van der Waals surface area contributed by atoms with Crippen LogP contribution in [0.5, 0.6) is 5.75 Å². The molecule has 0 unspecified atom stereocenters. The van der Waals surface area contributed by atoms with E-state index in [0.717, 1.165) is 18.2 Å². The van der Waals surface area contributed by atoms with Crippen LogP contribution in [-0.2, 0) is 6.61 Å². The first-order chi connectivity index (χ1) is 9.47. The zero-order chi connectivity index (χ0) is 14.7. The quantitative estimate of drug-likeness (QED) is 0.844. The topological polar surface area (TPSA) is 72.5 Å². The van der Waals surface area contributed by atoms with Crippen LogP contribution in [-0.4, -0.2) is 11.1 Å². The third-order valence-corrected chi connectivity index (χ3v) is 2.66. The molecular formula is C14H11F2NO3. The number of hydrogen-bond donors (Lipinski definition) is 2. The fourth-order valence-electron chi connectivity index (χ4n) is 1.63. The molecule has 20 heavy (non-hydrogen) atoms. The number of halogens is 2. The van der Waals surface area contributed by atoms with Gasteiger partial charge in [-0.05, 0) is 36.4 Å². The molecule has 2 aromatic rings. The molecule has 3 N–H and O–H groups in total. The molecule has 0 spiro atoms. The molecule has 0 saturated heterocycles. The van der Waals surface area contributed by atoms with Gasteiger partial charge < -0.3 is 15.6 Å². The number of aromatic carboxylic acids is 1. The summed E-state index contributed by atoms with van der Waals surface area (Å²) in [5, 5.41) is 8.91. The van der Waals surface area contributed by atoms with Crippen molar-refractivity contribution < 1.29 is 23.4 Å². The molecule has 0 radical (unpaired) electrons. The van der Waals surface area contributed by atoms with Crippen molar-refractivity contribution in [3.05, 3.63) is 59.2 Å². The monoisotopic (exact) mass is 279 g/mol. The Hall–Kier alpha value is -2.63. The van der Waals surface area contributed by atoms with Gasteiger partial charge >= 0.3 is 5.97 Å². The summed E-state index contributed by atoms with van der Waals surface area (Å²) in [6, 6.07) is 7.09. The van der Waals surface area contributed by atoms with E-state index in [1.807, 2.05) is 0 Å². The molecule has 0 heterocycles. The van der Waals surface area contributed by atoms with Crippen LogP contribution in [0.2, 0.25) is 0 Å². The van der Waals surface area contributed by atoms with E-state index in [2.05, 4.69) is 0 Å². The maximum Gasteiger partial charge on any atom is 0.337 e. The summed E-state index contributed by atoms with van der Waals surface area (Å²) in [6.07, 6.45) is 0. The summed E-state index contributed by atoms with van der Waals surface area (Å²) >= 11 is 0. The Morgan fingerprint density at radius 3 is 2.65 bits per heavy atom. The van der Waals surface area contributed by atoms with Crippen LogP contribution in [0.25, 0.3) is 0 Å². The molecule has 104 valence electrons. The van der Waals surface area contributed by atoms with E-state index in [0.29, 0.717) is 0 Å². The highest BCUT2D eigenvalue weighted by Gasteiger charge is 2.10. The van der Waals surface area contributed by atoms with Crippen LogP contribution >= 0.6 is 0 Å². The highest BCUT2D eigenvalue weighted by molar-refractivity contribution is 5.94. The minimum atomic E-state index is -1.19. The van der Waals surface area contributed by atoms with E-state index in [1.54, 1.807) is 0 Å². The molecule has 0 aliphatic carbocycles. The first-order valence-corrected chi connectivity index (χ1v) is 5.67. The molecule has 0 saturated carbocycles. The van der Waals surface area contributed by atoms with Crippen molar-refractivity contribution in [2.24, 2.45) is 0 Å². The Morgan fingerprint density at radius 2 is 1.95 bits per heavy atom. The van der Waals surface area contributed by atoms with E-state index in [-0.39, 0.29) is 29.2 Å². The van der Waals surface area contributed by atoms with Crippen LogP contribution in [0, 0.1) is 11.6 Å². The fourth-order valence-corrected chi connectivity index (χ4v) is 1.63. The minimum Gasteiger partial charge on any atom is -0.489 e. The number of hydrogen-bond acceptors (Lipinski definition) is 3. The van der Waals surface area contributed by atoms with E-state index >= 15 is 0 Å². The maximum atomic E-state index is 13.4. The maximum absolute atomic E-state index is 13.4. The van der Waals surface area contributed by atoms with Crippen LogP contribution in [0.1, 0.15) is 15.9 Å². The van der Waals surface area contributed by atoms with E-state index in [4.69, 9.17) is 15.6 Å². The van der Waals surface area contributed by atoms with Gasteiger partial charge in [-0.15, -0.1) is 0 Å². The highest BCUT2D eigenvalue weighted by Crippen LogP contribution is 2.21. The fraction of sp³-hybridized carbons (Fsp3) is 0.0714. The standard InChI is InChI=1S/C14H11F2NO3/c15-9-1-3-12(16)8(5-9)7-20-10-2-4-13(17)11(6-10)14(18)19/h1-6H,7,17H2,(H,18,19). The second-order valence-corrected chi connectivity index (χ2v) is 4.08. The van der Waals surface area contributed by atoms with Gasteiger partial charge in [-0.1, -0.05) is 0 Å². The van der Waals surface area contributed by atoms with Crippen LogP contribution < -0.4 is 10.5 Å². The summed E-state index contributed by atoms with van der Waals surface area (Å²) in [5.41, 5.74) is 5.53. The zero-order valence-electron chi connectivity index (χ0n) is 10.3. The Morgan fingerprint density at radius 1 is 1.20 bits per heavy atom. The van der Waals surface area contributed by atoms with Gasteiger partial charge in [-0.3, -0.25) is 0 Å². The summed E-state index contributed by atoms with van der Waals surface area (Å²) < 4.78 is 31.6. The predicted octanol–water partition coefficient (Wildman–Crippen LogP) is 2.82. The van der Waals surface area contributed by atoms with Crippen LogP contribution in [0.3, 0.4) is 0 Å². The number of anilines is 1. The molecule has 0 atom stereocenters. The smallest absolute Gasteiger partial charge is 0.337 e. The third-order valence-electron chi connectivity index (χ3n) is 2.66. The Labute approximate surface area is 113 Å². The first kappa shape index (κ1) is 13.8. The molecule has 2 aromatic carbocycles. The van der Waals surface area contributed by atoms with Gasteiger partial charge in [0.25, 0.3) is 0 Å². The van der Waals surface area contributed by atoms with E-state index in [1.165, 1.54) is 18.2 Å². The van der Waals surface area contributed by atoms with E-state index < -0.39 is 17.6 Å². The zero-order valence-corrected chi connectivity index (χ0v) is 10.3. The first-order valence-electron chi connectivity index (χ1n) is 5.67. The third kappa shape index (κ3) is 3.03. The summed E-state index contributed by atoms with van der Waals surface area (Å²) in [7, 11) is 0. The number of carboxylic acids is 1. The number of nitrogens with two attached hydrogens (primary N) is 1. The lowest BCUT2D eigenvalue weighted by Crippen LogP contribution is -2.04. The molecule has 0 aliphatic heterocycles. The number of carbonyl (C=O) groups is 1. The number of nitrogen functional groups attached to an aromatic ring is 1. The van der Waals surface area contributed by atoms with Crippen molar-refractivity contribution in [1.29, 1.82) is 0 Å². The van der Waals surface area contributed by atoms with E-state index in [9.17, 15) is 13.6 Å². The molecular weight excluding hydrogens is 268 g/mol. The van der Waals surface area contributed by atoms with Crippen molar-refractivity contribution in [3.8, 4) is 5.75 Å². The number of rotatable bonds is 4. The van der Waals surface area contributed by atoms with Crippen molar-refractivity contribution in [2.45, 2.75) is 6.61 Å². The molecule has 6 heteroatoms. The molecule has 0 bridgehead atoms. The average Bonchev–Trinajstić information content (AvgIpc) is 2.41. The number of benzene rings is 2. The summed E-state index contributed by atoms with van der Waals surface area (Å²) in [5.74, 6) is -2.15. The summed E-state index contributed by atoms with van der Waals surface area (Å²) in [6.45, 7) is -0.216. The Kier molecular flexibility index (Phi) is 3.84. The lowest BCUT2D eigenvalue weighted by molar-refractivity contribution is 0.0697. The van der Waals surface area contributed by atoms with Gasteiger partial charge in [-0.25, -0.2) is 13.6 Å². The normalized spacial score (nSPS) is 10.3. The molecule has 0 aliphatic rings. The van der Waals surface area contributed by atoms with Gasteiger partial charge in [-0.2, -0.15) is 0 Å². The van der Waals surface area contributed by atoms with Crippen LogP contribution in [0.15, 0.2) is 36.4 Å². The van der Waals surface area contributed by atoms with Gasteiger partial charge in [0.1, 0.15) is 24.0 Å². The Bertz CT molecular complexity index is 659. The molecule has 2 rings (SSSR count). The van der Waals surface area contributed by atoms with Crippen LogP contribution in [0.4, 0.5) is 14.5 Å². The number of ether oxygens (including phenoxy) is 1. The van der Waals surface area contributed by atoms with Gasteiger partial charge in [0, 0.05) is 11.3 Å². The molecule has 0 aromatic heterocycles. The van der Waals surface area contributed by atoms with Gasteiger partial charge in [0.05, 0.1) is 5.56 Å². The second kappa shape index (κ2) is 5.56. The predicted molar refractivity (Wildman–Crippen MR) is 68.5 cm³/mol. The molecule has 0 fully saturated rings. The van der Waals surface area contributed by atoms with Crippen molar-refractivity contribution in [3.63, 3.8) is 0 Å². The average molecular weight is 279 g/mol. The number of carboxylic acid groups (broad SMARTS) is 1. The molecule has 0 amide bonds. The second-order valence-electron chi connectivity index (χ2n) is 4.08. The largest absolute Gasteiger partial charge is 0.489 e. The van der Waals surface area contributed by atoms with Crippen molar-refractivity contribution in [1.82, 2.24) is 0 Å². The molecule has 4 nitrogen and oxygen atoms in total. The highest BCUT2D eigenvalue weighted by atomic mass is 19.1. The van der Waals surface area contributed by atoms with Gasteiger partial charge in [0.2, 0.25) is 0 Å².